The highest BCUT2D eigenvalue weighted by molar-refractivity contribution is 5.40. The number of halogens is 1. The van der Waals surface area contributed by atoms with Gasteiger partial charge in [0, 0.05) is 19.1 Å². The van der Waals surface area contributed by atoms with Gasteiger partial charge in [0.2, 0.25) is 5.95 Å². The number of hydrogen-bond donors (Lipinski definition) is 1. The smallest absolute Gasteiger partial charge is 0.247 e. The fourth-order valence-electron chi connectivity index (χ4n) is 3.22. The van der Waals surface area contributed by atoms with Gasteiger partial charge in [-0.25, -0.2) is 4.39 Å². The molecule has 1 saturated heterocycles. The van der Waals surface area contributed by atoms with Gasteiger partial charge in [0.15, 0.2) is 5.82 Å². The molecule has 2 heterocycles. The molecule has 24 heavy (non-hydrogen) atoms. The first-order chi connectivity index (χ1) is 11.8. The SMILES string of the molecule is CCC1CCCCN1c1nncc(NCCc2ccccc2F)n1. The van der Waals surface area contributed by atoms with Crippen LogP contribution in [0.1, 0.15) is 38.2 Å². The molecule has 0 radical (unpaired) electrons. The fourth-order valence-corrected chi connectivity index (χ4v) is 3.22. The number of anilines is 2. The molecule has 1 N–H and O–H groups in total. The van der Waals surface area contributed by atoms with Crippen molar-refractivity contribution in [3.8, 4) is 0 Å². The number of rotatable bonds is 6. The second-order valence-corrected chi connectivity index (χ2v) is 6.16. The molecule has 128 valence electrons. The summed E-state index contributed by atoms with van der Waals surface area (Å²) in [5.41, 5.74) is 0.703. The van der Waals surface area contributed by atoms with E-state index in [2.05, 4.69) is 32.3 Å². The van der Waals surface area contributed by atoms with E-state index in [4.69, 9.17) is 0 Å². The molecule has 1 aromatic heterocycles. The average molecular weight is 329 g/mol. The summed E-state index contributed by atoms with van der Waals surface area (Å²) in [5.74, 6) is 1.22. The van der Waals surface area contributed by atoms with Crippen LogP contribution in [0.4, 0.5) is 16.2 Å². The maximum Gasteiger partial charge on any atom is 0.247 e. The lowest BCUT2D eigenvalue weighted by atomic mass is 10.0. The highest BCUT2D eigenvalue weighted by Gasteiger charge is 2.23. The first-order valence-electron chi connectivity index (χ1n) is 8.71. The lowest BCUT2D eigenvalue weighted by Crippen LogP contribution is -2.40. The third-order valence-electron chi connectivity index (χ3n) is 4.56. The first-order valence-corrected chi connectivity index (χ1v) is 8.71. The normalized spacial score (nSPS) is 17.8. The third-order valence-corrected chi connectivity index (χ3v) is 4.56. The van der Waals surface area contributed by atoms with Crippen molar-refractivity contribution in [2.45, 2.75) is 45.1 Å². The molecule has 0 bridgehead atoms. The Kier molecular flexibility index (Phi) is 5.56. The summed E-state index contributed by atoms with van der Waals surface area (Å²) in [4.78, 5) is 6.86. The zero-order chi connectivity index (χ0) is 16.8. The first kappa shape index (κ1) is 16.6. The fraction of sp³-hybridized carbons (Fsp3) is 0.500. The highest BCUT2D eigenvalue weighted by atomic mass is 19.1. The van der Waals surface area contributed by atoms with Crippen molar-refractivity contribution in [1.29, 1.82) is 0 Å². The Bertz CT molecular complexity index is 663. The van der Waals surface area contributed by atoms with Gasteiger partial charge in [-0.15, -0.1) is 5.10 Å². The topological polar surface area (TPSA) is 53.9 Å². The minimum absolute atomic E-state index is 0.167. The van der Waals surface area contributed by atoms with Crippen LogP contribution in [0, 0.1) is 5.82 Å². The van der Waals surface area contributed by atoms with Gasteiger partial charge in [-0.05, 0) is 43.7 Å². The van der Waals surface area contributed by atoms with Gasteiger partial charge in [-0.1, -0.05) is 25.1 Å². The maximum absolute atomic E-state index is 13.6. The van der Waals surface area contributed by atoms with Crippen molar-refractivity contribution >= 4 is 11.8 Å². The van der Waals surface area contributed by atoms with Crippen molar-refractivity contribution in [3.63, 3.8) is 0 Å². The van der Waals surface area contributed by atoms with Crippen LogP contribution in [0.15, 0.2) is 30.5 Å². The van der Waals surface area contributed by atoms with E-state index in [1.165, 1.54) is 25.3 Å². The summed E-state index contributed by atoms with van der Waals surface area (Å²) < 4.78 is 13.6. The summed E-state index contributed by atoms with van der Waals surface area (Å²) in [6.45, 7) is 3.79. The molecule has 0 saturated carbocycles. The van der Waals surface area contributed by atoms with E-state index in [0.717, 1.165) is 13.0 Å². The molecule has 1 unspecified atom stereocenters. The van der Waals surface area contributed by atoms with Crippen LogP contribution in [-0.2, 0) is 6.42 Å². The van der Waals surface area contributed by atoms with Crippen molar-refractivity contribution in [3.05, 3.63) is 41.8 Å². The second kappa shape index (κ2) is 8.04. The van der Waals surface area contributed by atoms with Crippen molar-refractivity contribution < 1.29 is 4.39 Å². The minimum atomic E-state index is -0.167. The summed E-state index contributed by atoms with van der Waals surface area (Å²) in [7, 11) is 0. The number of benzene rings is 1. The van der Waals surface area contributed by atoms with Crippen LogP contribution in [0.3, 0.4) is 0 Å². The summed E-state index contributed by atoms with van der Waals surface area (Å²) >= 11 is 0. The lowest BCUT2D eigenvalue weighted by Gasteiger charge is -2.34. The molecule has 1 atom stereocenters. The highest BCUT2D eigenvalue weighted by Crippen LogP contribution is 2.23. The Morgan fingerprint density at radius 2 is 2.17 bits per heavy atom. The predicted molar refractivity (Wildman–Crippen MR) is 93.7 cm³/mol. The number of hydrogen-bond acceptors (Lipinski definition) is 5. The standard InChI is InChI=1S/C18H24FN5/c1-2-15-8-5-6-12-24(15)18-22-17(13-21-23-18)20-11-10-14-7-3-4-9-16(14)19/h3-4,7,9,13,15H,2,5-6,8,10-12H2,1H3,(H,20,22,23). The molecular weight excluding hydrogens is 305 g/mol. The minimum Gasteiger partial charge on any atom is -0.368 e. The molecule has 2 aromatic rings. The average Bonchev–Trinajstić information content (AvgIpc) is 2.63. The Balaban J connectivity index is 1.62. The maximum atomic E-state index is 13.6. The Hall–Kier alpha value is -2.24. The Morgan fingerprint density at radius 1 is 1.29 bits per heavy atom. The van der Waals surface area contributed by atoms with E-state index in [-0.39, 0.29) is 5.82 Å². The molecule has 1 aliphatic heterocycles. The summed E-state index contributed by atoms with van der Waals surface area (Å²) in [6.07, 6.45) is 6.94. The van der Waals surface area contributed by atoms with E-state index in [1.54, 1.807) is 18.3 Å². The summed E-state index contributed by atoms with van der Waals surface area (Å²) in [6, 6.07) is 7.34. The van der Waals surface area contributed by atoms with Crippen LogP contribution >= 0.6 is 0 Å². The molecule has 1 aromatic carbocycles. The largest absolute Gasteiger partial charge is 0.368 e. The van der Waals surface area contributed by atoms with Gasteiger partial charge in [0.1, 0.15) is 5.82 Å². The van der Waals surface area contributed by atoms with E-state index in [0.29, 0.717) is 36.3 Å². The third kappa shape index (κ3) is 3.99. The number of nitrogens with one attached hydrogen (secondary N) is 1. The van der Waals surface area contributed by atoms with Gasteiger partial charge in [-0.2, -0.15) is 10.1 Å². The molecule has 1 fully saturated rings. The molecule has 3 rings (SSSR count). The zero-order valence-electron chi connectivity index (χ0n) is 14.1. The monoisotopic (exact) mass is 329 g/mol. The van der Waals surface area contributed by atoms with Crippen LogP contribution in [0.25, 0.3) is 0 Å². The molecule has 6 heteroatoms. The molecule has 0 amide bonds. The van der Waals surface area contributed by atoms with E-state index >= 15 is 0 Å². The summed E-state index contributed by atoms with van der Waals surface area (Å²) in [5, 5.41) is 11.5. The van der Waals surface area contributed by atoms with E-state index < -0.39 is 0 Å². The van der Waals surface area contributed by atoms with Crippen molar-refractivity contribution in [2.24, 2.45) is 0 Å². The van der Waals surface area contributed by atoms with Crippen LogP contribution in [0.5, 0.6) is 0 Å². The van der Waals surface area contributed by atoms with Gasteiger partial charge >= 0.3 is 0 Å². The van der Waals surface area contributed by atoms with Gasteiger partial charge in [-0.3, -0.25) is 0 Å². The Morgan fingerprint density at radius 3 is 3.00 bits per heavy atom. The zero-order valence-corrected chi connectivity index (χ0v) is 14.1. The van der Waals surface area contributed by atoms with Crippen LogP contribution in [-0.4, -0.2) is 34.3 Å². The van der Waals surface area contributed by atoms with Crippen molar-refractivity contribution in [2.75, 3.05) is 23.3 Å². The predicted octanol–water partition coefficient (Wildman–Crippen LogP) is 3.43. The molecule has 0 spiro atoms. The van der Waals surface area contributed by atoms with Crippen LogP contribution < -0.4 is 10.2 Å². The van der Waals surface area contributed by atoms with Gasteiger partial charge in [0.25, 0.3) is 0 Å². The molecule has 5 nitrogen and oxygen atoms in total. The molecule has 0 aliphatic carbocycles. The van der Waals surface area contributed by atoms with Crippen LogP contribution in [0.2, 0.25) is 0 Å². The lowest BCUT2D eigenvalue weighted by molar-refractivity contribution is 0.441. The second-order valence-electron chi connectivity index (χ2n) is 6.16. The van der Waals surface area contributed by atoms with E-state index in [9.17, 15) is 4.39 Å². The molecular formula is C18H24FN5. The molecule has 1 aliphatic rings. The van der Waals surface area contributed by atoms with Gasteiger partial charge in [0.05, 0.1) is 6.20 Å². The van der Waals surface area contributed by atoms with Gasteiger partial charge < -0.3 is 10.2 Å². The van der Waals surface area contributed by atoms with Crippen molar-refractivity contribution in [1.82, 2.24) is 15.2 Å². The van der Waals surface area contributed by atoms with E-state index in [1.807, 2.05) is 6.07 Å². The quantitative estimate of drug-likeness (QED) is 0.880. The number of nitrogens with zero attached hydrogens (tertiary/aromatic N) is 4. The Labute approximate surface area is 142 Å². The number of piperidine rings is 1. The number of aromatic nitrogens is 3.